The Morgan fingerprint density at radius 1 is 1.18 bits per heavy atom. The molecule has 0 bridgehead atoms. The Hall–Kier alpha value is -1.55. The molecule has 0 aliphatic carbocycles. The highest BCUT2D eigenvalue weighted by Gasteiger charge is 2.00. The van der Waals surface area contributed by atoms with Crippen molar-refractivity contribution in [2.45, 2.75) is 19.3 Å². The third-order valence-corrected chi connectivity index (χ3v) is 2.29. The number of rotatable bonds is 8. The van der Waals surface area contributed by atoms with E-state index in [0.29, 0.717) is 6.61 Å². The van der Waals surface area contributed by atoms with Crippen molar-refractivity contribution < 1.29 is 19.4 Å². The van der Waals surface area contributed by atoms with Crippen LogP contribution in [0.15, 0.2) is 24.3 Å². The van der Waals surface area contributed by atoms with Crippen LogP contribution in [0.2, 0.25) is 0 Å². The fourth-order valence-corrected chi connectivity index (χ4v) is 1.42. The summed E-state index contributed by atoms with van der Waals surface area (Å²) in [7, 11) is 1.68. The topological polar surface area (TPSA) is 55.8 Å². The molecule has 0 unspecified atom stereocenters. The number of carboxylic acids is 1. The molecule has 0 amide bonds. The molecule has 0 aliphatic heterocycles. The molecular formula is C13H18O4. The van der Waals surface area contributed by atoms with E-state index in [9.17, 15) is 4.79 Å². The minimum atomic E-state index is -0.821. The van der Waals surface area contributed by atoms with Gasteiger partial charge in [0.15, 0.2) is 0 Å². The number of aliphatic carboxylic acids is 1. The van der Waals surface area contributed by atoms with Gasteiger partial charge in [-0.1, -0.05) is 12.1 Å². The van der Waals surface area contributed by atoms with E-state index in [-0.39, 0.29) is 6.42 Å². The van der Waals surface area contributed by atoms with Crippen LogP contribution < -0.4 is 4.74 Å². The molecule has 0 radical (unpaired) electrons. The first kappa shape index (κ1) is 13.5. The summed E-state index contributed by atoms with van der Waals surface area (Å²) in [4.78, 5) is 10.5. The van der Waals surface area contributed by atoms with Gasteiger partial charge < -0.3 is 14.6 Å². The number of unbranched alkanes of at least 4 members (excludes halogenated alkanes) is 1. The molecule has 4 nitrogen and oxygen atoms in total. The second kappa shape index (κ2) is 7.68. The first-order chi connectivity index (χ1) is 8.22. The summed E-state index contributed by atoms with van der Waals surface area (Å²) >= 11 is 0. The lowest BCUT2D eigenvalue weighted by molar-refractivity contribution is -0.136. The summed E-state index contributed by atoms with van der Waals surface area (Å²) in [6, 6.07) is 7.15. The summed E-state index contributed by atoms with van der Waals surface area (Å²) < 4.78 is 10.4. The smallest absolute Gasteiger partial charge is 0.307 e. The molecule has 4 heteroatoms. The zero-order valence-corrected chi connectivity index (χ0v) is 10.0. The van der Waals surface area contributed by atoms with Crippen LogP contribution in [-0.2, 0) is 16.0 Å². The number of carbonyl (C=O) groups is 1. The zero-order valence-electron chi connectivity index (χ0n) is 10.0. The lowest BCUT2D eigenvalue weighted by Crippen LogP contribution is -2.01. The summed E-state index contributed by atoms with van der Waals surface area (Å²) in [5.74, 6) is -0.0465. The maximum atomic E-state index is 10.5. The van der Waals surface area contributed by atoms with Crippen molar-refractivity contribution in [3.63, 3.8) is 0 Å². The normalized spacial score (nSPS) is 10.2. The lowest BCUT2D eigenvalue weighted by Gasteiger charge is -2.06. The Balaban J connectivity index is 2.28. The third kappa shape index (κ3) is 5.92. The minimum absolute atomic E-state index is 0.0497. The van der Waals surface area contributed by atoms with Gasteiger partial charge in [0.25, 0.3) is 0 Å². The van der Waals surface area contributed by atoms with E-state index in [4.69, 9.17) is 14.6 Å². The first-order valence-electron chi connectivity index (χ1n) is 5.65. The van der Waals surface area contributed by atoms with Crippen LogP contribution in [-0.4, -0.2) is 31.4 Å². The van der Waals surface area contributed by atoms with Crippen LogP contribution in [0.5, 0.6) is 5.75 Å². The van der Waals surface area contributed by atoms with Gasteiger partial charge in [-0.15, -0.1) is 0 Å². The van der Waals surface area contributed by atoms with Crippen LogP contribution in [0.4, 0.5) is 0 Å². The number of ether oxygens (including phenoxy) is 2. The molecule has 0 saturated heterocycles. The molecule has 0 spiro atoms. The zero-order chi connectivity index (χ0) is 12.5. The van der Waals surface area contributed by atoms with Gasteiger partial charge in [0.1, 0.15) is 5.75 Å². The fraction of sp³-hybridized carbons (Fsp3) is 0.462. The average molecular weight is 238 g/mol. The summed E-state index contributed by atoms with van der Waals surface area (Å²) in [5.41, 5.74) is 0.782. The van der Waals surface area contributed by atoms with Gasteiger partial charge in [0, 0.05) is 13.7 Å². The molecule has 1 aromatic carbocycles. The lowest BCUT2D eigenvalue weighted by atomic mass is 10.1. The van der Waals surface area contributed by atoms with E-state index in [2.05, 4.69) is 0 Å². The van der Waals surface area contributed by atoms with Crippen molar-refractivity contribution in [1.29, 1.82) is 0 Å². The van der Waals surface area contributed by atoms with Crippen LogP contribution in [0, 0.1) is 0 Å². The molecule has 1 aromatic rings. The van der Waals surface area contributed by atoms with Gasteiger partial charge in [-0.25, -0.2) is 0 Å². The number of hydrogen-bond donors (Lipinski definition) is 1. The maximum Gasteiger partial charge on any atom is 0.307 e. The van der Waals surface area contributed by atoms with E-state index in [1.165, 1.54) is 0 Å². The standard InChI is InChI=1S/C13H18O4/c1-16-8-2-3-9-17-12-6-4-11(5-7-12)10-13(14)15/h4-7H,2-3,8-10H2,1H3,(H,14,15). The van der Waals surface area contributed by atoms with E-state index < -0.39 is 5.97 Å². The van der Waals surface area contributed by atoms with Gasteiger partial charge in [-0.05, 0) is 30.5 Å². The van der Waals surface area contributed by atoms with Crippen molar-refractivity contribution in [1.82, 2.24) is 0 Å². The Morgan fingerprint density at radius 3 is 2.41 bits per heavy atom. The average Bonchev–Trinajstić information content (AvgIpc) is 2.30. The van der Waals surface area contributed by atoms with Crippen molar-refractivity contribution in [2.75, 3.05) is 20.3 Å². The molecule has 1 N–H and O–H groups in total. The Bertz CT molecular complexity index is 332. The van der Waals surface area contributed by atoms with Crippen molar-refractivity contribution in [3.8, 4) is 5.75 Å². The van der Waals surface area contributed by atoms with Crippen LogP contribution in [0.3, 0.4) is 0 Å². The third-order valence-electron chi connectivity index (χ3n) is 2.29. The van der Waals surface area contributed by atoms with Crippen molar-refractivity contribution in [2.24, 2.45) is 0 Å². The molecule has 17 heavy (non-hydrogen) atoms. The second-order valence-electron chi connectivity index (χ2n) is 3.76. The molecule has 0 heterocycles. The largest absolute Gasteiger partial charge is 0.494 e. The number of carboxylic acid groups (broad SMARTS) is 1. The number of hydrogen-bond acceptors (Lipinski definition) is 3. The van der Waals surface area contributed by atoms with E-state index in [1.54, 1.807) is 31.4 Å². The highest BCUT2D eigenvalue weighted by molar-refractivity contribution is 5.70. The Labute approximate surface area is 101 Å². The Morgan fingerprint density at radius 2 is 1.82 bits per heavy atom. The molecule has 0 fully saturated rings. The van der Waals surface area contributed by atoms with E-state index in [0.717, 1.165) is 30.8 Å². The number of benzene rings is 1. The molecule has 0 aliphatic rings. The summed E-state index contributed by atoms with van der Waals surface area (Å²) in [5, 5.41) is 8.62. The number of methoxy groups -OCH3 is 1. The molecule has 94 valence electrons. The molecule has 0 aromatic heterocycles. The van der Waals surface area contributed by atoms with Crippen LogP contribution in [0.1, 0.15) is 18.4 Å². The predicted molar refractivity (Wildman–Crippen MR) is 64.4 cm³/mol. The van der Waals surface area contributed by atoms with Crippen LogP contribution >= 0.6 is 0 Å². The van der Waals surface area contributed by atoms with Crippen molar-refractivity contribution >= 4 is 5.97 Å². The van der Waals surface area contributed by atoms with Gasteiger partial charge >= 0.3 is 5.97 Å². The minimum Gasteiger partial charge on any atom is -0.494 e. The highest BCUT2D eigenvalue weighted by atomic mass is 16.5. The SMILES string of the molecule is COCCCCOc1ccc(CC(=O)O)cc1. The van der Waals surface area contributed by atoms with E-state index in [1.807, 2.05) is 0 Å². The quantitative estimate of drug-likeness (QED) is 0.705. The molecule has 1 rings (SSSR count). The summed E-state index contributed by atoms with van der Waals surface area (Å²) in [6.45, 7) is 1.41. The Kier molecular flexibility index (Phi) is 6.10. The molecule has 0 saturated carbocycles. The maximum absolute atomic E-state index is 10.5. The first-order valence-corrected chi connectivity index (χ1v) is 5.65. The van der Waals surface area contributed by atoms with Gasteiger partial charge in [0.2, 0.25) is 0 Å². The van der Waals surface area contributed by atoms with Gasteiger partial charge in [-0.2, -0.15) is 0 Å². The fourth-order valence-electron chi connectivity index (χ4n) is 1.42. The second-order valence-corrected chi connectivity index (χ2v) is 3.76. The molecule has 0 atom stereocenters. The molecular weight excluding hydrogens is 220 g/mol. The monoisotopic (exact) mass is 238 g/mol. The predicted octanol–water partition coefficient (Wildman–Crippen LogP) is 2.12. The van der Waals surface area contributed by atoms with Gasteiger partial charge in [-0.3, -0.25) is 4.79 Å². The van der Waals surface area contributed by atoms with Crippen molar-refractivity contribution in [3.05, 3.63) is 29.8 Å². The highest BCUT2D eigenvalue weighted by Crippen LogP contribution is 2.13. The summed E-state index contributed by atoms with van der Waals surface area (Å²) in [6.07, 6.45) is 1.98. The van der Waals surface area contributed by atoms with Gasteiger partial charge in [0.05, 0.1) is 13.0 Å². The van der Waals surface area contributed by atoms with E-state index >= 15 is 0 Å². The van der Waals surface area contributed by atoms with Crippen LogP contribution in [0.25, 0.3) is 0 Å².